The molecule has 0 unspecified atom stereocenters. The molecule has 0 radical (unpaired) electrons. The maximum atomic E-state index is 9.06. The number of aliphatic imine (C=N–C) groups is 1. The number of allylic oxidation sites excluding steroid dienone is 1. The SMILES string of the molecule is CC1(C)c2cc3ccccc3cc2-c2cccc(-c3ccc(C=N/C(=C\C(=N)c4ccccc4)c4ccc(-c5cccc(-c6ccccc6)c5)cc4)c4ccccc34)c21. The van der Waals surface area contributed by atoms with Crippen molar-refractivity contribution in [2.75, 3.05) is 0 Å². The summed E-state index contributed by atoms with van der Waals surface area (Å²) in [6, 6.07) is 70.9. The number of nitrogens with one attached hydrogen (secondary N) is 1. The Hall–Kier alpha value is -7.42. The minimum absolute atomic E-state index is 0.171. The van der Waals surface area contributed by atoms with Crippen molar-refractivity contribution in [3.05, 3.63) is 234 Å². The van der Waals surface area contributed by atoms with E-state index in [4.69, 9.17) is 10.4 Å². The summed E-state index contributed by atoms with van der Waals surface area (Å²) in [7, 11) is 0. The van der Waals surface area contributed by atoms with E-state index in [9.17, 15) is 0 Å². The first-order valence-corrected chi connectivity index (χ1v) is 20.3. The largest absolute Gasteiger partial charge is 0.300 e. The summed E-state index contributed by atoms with van der Waals surface area (Å²) < 4.78 is 0. The maximum absolute atomic E-state index is 9.06. The summed E-state index contributed by atoms with van der Waals surface area (Å²) in [4.78, 5) is 5.17. The molecule has 280 valence electrons. The Kier molecular flexibility index (Phi) is 9.03. The third-order valence-corrected chi connectivity index (χ3v) is 12.0. The number of hydrogen-bond donors (Lipinski definition) is 1. The molecule has 2 nitrogen and oxygen atoms in total. The van der Waals surface area contributed by atoms with Gasteiger partial charge < -0.3 is 5.41 Å². The van der Waals surface area contributed by atoms with E-state index in [0.717, 1.165) is 38.9 Å². The normalized spacial score (nSPS) is 13.2. The van der Waals surface area contributed by atoms with Crippen molar-refractivity contribution in [3.8, 4) is 44.5 Å². The standard InChI is InChI=1S/C57H42N2/c1-57(2)53-35-45-20-10-9-19-44(45)34-52(53)51-26-14-25-50(56(51)57)49-32-31-46(47-23-11-12-24-48(47)49)37-59-55(36-54(58)40-17-7-4-8-18-40)41-29-27-39(28-30-41)43-22-13-21-42(33-43)38-15-5-3-6-16-38/h3-37,58H,1-2H3/b55-36-,58-54?,59-37?. The van der Waals surface area contributed by atoms with Gasteiger partial charge in [-0.25, -0.2) is 0 Å². The number of rotatable bonds is 8. The molecule has 0 spiro atoms. The minimum atomic E-state index is -0.171. The van der Waals surface area contributed by atoms with Gasteiger partial charge in [-0.1, -0.05) is 196 Å². The molecule has 0 aromatic heterocycles. The van der Waals surface area contributed by atoms with Gasteiger partial charge in [0.05, 0.1) is 11.4 Å². The van der Waals surface area contributed by atoms with Crippen molar-refractivity contribution >= 4 is 39.2 Å². The van der Waals surface area contributed by atoms with Gasteiger partial charge in [0.2, 0.25) is 0 Å². The maximum Gasteiger partial charge on any atom is 0.0723 e. The molecule has 9 aromatic rings. The molecule has 0 atom stereocenters. The van der Waals surface area contributed by atoms with Gasteiger partial charge in [-0.15, -0.1) is 0 Å². The van der Waals surface area contributed by atoms with E-state index in [1.165, 1.54) is 60.7 Å². The lowest BCUT2D eigenvalue weighted by atomic mass is 9.78. The fraction of sp³-hybridized carbons (Fsp3) is 0.0526. The second-order valence-electron chi connectivity index (χ2n) is 15.9. The van der Waals surface area contributed by atoms with Crippen molar-refractivity contribution < 1.29 is 0 Å². The van der Waals surface area contributed by atoms with Gasteiger partial charge in [-0.2, -0.15) is 0 Å². The summed E-state index contributed by atoms with van der Waals surface area (Å²) in [6.07, 6.45) is 3.85. The molecular formula is C57H42N2. The van der Waals surface area contributed by atoms with E-state index < -0.39 is 0 Å². The molecule has 10 rings (SSSR count). The van der Waals surface area contributed by atoms with Gasteiger partial charge in [0, 0.05) is 22.8 Å². The Morgan fingerprint density at radius 1 is 0.458 bits per heavy atom. The Morgan fingerprint density at radius 3 is 1.76 bits per heavy atom. The van der Waals surface area contributed by atoms with Gasteiger partial charge in [-0.05, 0) is 107 Å². The van der Waals surface area contributed by atoms with Crippen LogP contribution in [0.25, 0.3) is 71.7 Å². The minimum Gasteiger partial charge on any atom is -0.300 e. The molecule has 2 heteroatoms. The molecule has 59 heavy (non-hydrogen) atoms. The average molecular weight is 755 g/mol. The first kappa shape index (κ1) is 36.0. The predicted molar refractivity (Wildman–Crippen MR) is 251 cm³/mol. The van der Waals surface area contributed by atoms with E-state index in [1.54, 1.807) is 0 Å². The molecule has 0 heterocycles. The lowest BCUT2D eigenvalue weighted by Gasteiger charge is -2.25. The summed E-state index contributed by atoms with van der Waals surface area (Å²) in [5.41, 5.74) is 16.3. The van der Waals surface area contributed by atoms with E-state index >= 15 is 0 Å². The lowest BCUT2D eigenvalue weighted by Crippen LogP contribution is -2.16. The van der Waals surface area contributed by atoms with Crippen molar-refractivity contribution in [2.45, 2.75) is 19.3 Å². The summed E-state index contributed by atoms with van der Waals surface area (Å²) in [6.45, 7) is 4.74. The van der Waals surface area contributed by atoms with Crippen LogP contribution in [0.15, 0.2) is 211 Å². The number of hydrogen-bond acceptors (Lipinski definition) is 2. The van der Waals surface area contributed by atoms with Crippen LogP contribution in [-0.4, -0.2) is 11.9 Å². The van der Waals surface area contributed by atoms with E-state index in [2.05, 4.69) is 178 Å². The Morgan fingerprint density at radius 2 is 1.03 bits per heavy atom. The highest BCUT2D eigenvalue weighted by Gasteiger charge is 2.38. The quantitative estimate of drug-likeness (QED) is 0.150. The van der Waals surface area contributed by atoms with E-state index in [0.29, 0.717) is 5.71 Å². The van der Waals surface area contributed by atoms with Crippen LogP contribution >= 0.6 is 0 Å². The summed E-state index contributed by atoms with van der Waals surface area (Å²) in [5, 5.41) is 13.9. The lowest BCUT2D eigenvalue weighted by molar-refractivity contribution is 0.663. The van der Waals surface area contributed by atoms with Crippen LogP contribution in [0.5, 0.6) is 0 Å². The number of fused-ring (bicyclic) bond motifs is 5. The molecule has 0 saturated heterocycles. The Labute approximate surface area is 346 Å². The molecule has 0 fully saturated rings. The van der Waals surface area contributed by atoms with Crippen LogP contribution in [-0.2, 0) is 5.41 Å². The van der Waals surface area contributed by atoms with Crippen LogP contribution in [0.4, 0.5) is 0 Å². The first-order chi connectivity index (χ1) is 28.9. The van der Waals surface area contributed by atoms with Gasteiger partial charge in [0.25, 0.3) is 0 Å². The van der Waals surface area contributed by atoms with E-state index in [1.807, 2.05) is 48.7 Å². The smallest absolute Gasteiger partial charge is 0.0723 e. The molecule has 1 aliphatic carbocycles. The Bertz CT molecular complexity index is 3110. The highest BCUT2D eigenvalue weighted by molar-refractivity contribution is 6.12. The predicted octanol–water partition coefficient (Wildman–Crippen LogP) is 14.8. The highest BCUT2D eigenvalue weighted by Crippen LogP contribution is 2.53. The molecule has 0 aliphatic heterocycles. The van der Waals surface area contributed by atoms with Gasteiger partial charge >= 0.3 is 0 Å². The molecule has 9 aromatic carbocycles. The number of nitrogens with zero attached hydrogens (tertiary/aromatic N) is 1. The van der Waals surface area contributed by atoms with Gasteiger partial charge in [0.1, 0.15) is 0 Å². The third kappa shape index (κ3) is 6.59. The van der Waals surface area contributed by atoms with Crippen LogP contribution < -0.4 is 0 Å². The van der Waals surface area contributed by atoms with Crippen LogP contribution in [0.2, 0.25) is 0 Å². The molecule has 1 aliphatic rings. The van der Waals surface area contributed by atoms with Gasteiger partial charge in [0.15, 0.2) is 0 Å². The zero-order valence-electron chi connectivity index (χ0n) is 33.2. The first-order valence-electron chi connectivity index (χ1n) is 20.3. The summed E-state index contributed by atoms with van der Waals surface area (Å²) in [5.74, 6) is 0. The topological polar surface area (TPSA) is 36.2 Å². The molecule has 0 amide bonds. The van der Waals surface area contributed by atoms with Crippen LogP contribution in [0.3, 0.4) is 0 Å². The molecule has 0 saturated carbocycles. The van der Waals surface area contributed by atoms with Crippen LogP contribution in [0, 0.1) is 5.41 Å². The van der Waals surface area contributed by atoms with Crippen LogP contribution in [0.1, 0.15) is 41.7 Å². The molecular weight excluding hydrogens is 713 g/mol. The summed E-state index contributed by atoms with van der Waals surface area (Å²) >= 11 is 0. The molecule has 1 N–H and O–H groups in total. The second-order valence-corrected chi connectivity index (χ2v) is 15.9. The monoisotopic (exact) mass is 754 g/mol. The van der Waals surface area contributed by atoms with Crippen molar-refractivity contribution in [3.63, 3.8) is 0 Å². The Balaban J connectivity index is 1.03. The zero-order valence-corrected chi connectivity index (χ0v) is 33.2. The van der Waals surface area contributed by atoms with Crippen molar-refractivity contribution in [2.24, 2.45) is 4.99 Å². The second kappa shape index (κ2) is 14.8. The van der Waals surface area contributed by atoms with E-state index in [-0.39, 0.29) is 5.41 Å². The van der Waals surface area contributed by atoms with Crippen molar-refractivity contribution in [1.29, 1.82) is 5.41 Å². The average Bonchev–Trinajstić information content (AvgIpc) is 3.52. The highest BCUT2D eigenvalue weighted by atomic mass is 14.7. The third-order valence-electron chi connectivity index (χ3n) is 12.0. The van der Waals surface area contributed by atoms with Gasteiger partial charge in [-0.3, -0.25) is 4.99 Å². The fourth-order valence-electron chi connectivity index (χ4n) is 8.97. The molecule has 0 bridgehead atoms. The zero-order chi connectivity index (χ0) is 39.9. The fourth-order valence-corrected chi connectivity index (χ4v) is 8.97. The number of benzene rings is 9. The van der Waals surface area contributed by atoms with Crippen molar-refractivity contribution in [1.82, 2.24) is 0 Å².